The summed E-state index contributed by atoms with van der Waals surface area (Å²) in [6.45, 7) is 0.207. The molecule has 176 valence electrons. The molecule has 1 unspecified atom stereocenters. The molecule has 0 spiro atoms. The zero-order chi connectivity index (χ0) is 23.9. The first kappa shape index (κ1) is 24.9. The maximum atomic E-state index is 14.7. The second kappa shape index (κ2) is 10.9. The highest BCUT2D eigenvalue weighted by atomic mass is 32.2. The number of nitrogens with zero attached hydrogens (tertiary/aromatic N) is 1. The smallest absolute Gasteiger partial charge is 0.216 e. The van der Waals surface area contributed by atoms with Crippen LogP contribution >= 0.6 is 0 Å². The van der Waals surface area contributed by atoms with Crippen molar-refractivity contribution in [2.24, 2.45) is 5.73 Å². The van der Waals surface area contributed by atoms with Crippen molar-refractivity contribution < 1.29 is 22.3 Å². The van der Waals surface area contributed by atoms with Gasteiger partial charge in [-0.1, -0.05) is 60.7 Å². The molecular formula is C25H29FN2O4S. The normalized spacial score (nSPS) is 13.6. The van der Waals surface area contributed by atoms with Crippen LogP contribution in [0, 0.1) is 5.82 Å². The number of nitrogens with two attached hydrogens (primary N) is 1. The first-order valence-electron chi connectivity index (χ1n) is 10.5. The van der Waals surface area contributed by atoms with Crippen molar-refractivity contribution in [1.82, 2.24) is 4.31 Å². The Labute approximate surface area is 194 Å². The topological polar surface area (TPSA) is 81.9 Å². The van der Waals surface area contributed by atoms with Crippen LogP contribution in [0.2, 0.25) is 0 Å². The first-order chi connectivity index (χ1) is 15.7. The third kappa shape index (κ3) is 6.61. The van der Waals surface area contributed by atoms with E-state index in [0.717, 1.165) is 11.1 Å². The van der Waals surface area contributed by atoms with E-state index in [2.05, 4.69) is 0 Å². The first-order valence-corrected chi connectivity index (χ1v) is 12.1. The molecule has 0 aliphatic carbocycles. The van der Waals surface area contributed by atoms with Crippen LogP contribution in [-0.2, 0) is 33.5 Å². The van der Waals surface area contributed by atoms with Gasteiger partial charge < -0.3 is 15.2 Å². The van der Waals surface area contributed by atoms with E-state index in [1.165, 1.54) is 29.6 Å². The van der Waals surface area contributed by atoms with Crippen molar-refractivity contribution in [2.45, 2.75) is 18.7 Å². The zero-order valence-electron chi connectivity index (χ0n) is 18.8. The molecule has 1 atom stereocenters. The van der Waals surface area contributed by atoms with E-state index in [-0.39, 0.29) is 25.3 Å². The van der Waals surface area contributed by atoms with Crippen molar-refractivity contribution in [3.8, 4) is 5.75 Å². The molecule has 2 N–H and O–H groups in total. The summed E-state index contributed by atoms with van der Waals surface area (Å²) in [4.78, 5) is 0. The molecule has 6 nitrogen and oxygen atoms in total. The molecule has 0 aliphatic heterocycles. The van der Waals surface area contributed by atoms with Crippen molar-refractivity contribution in [1.29, 1.82) is 0 Å². The van der Waals surface area contributed by atoms with E-state index >= 15 is 0 Å². The van der Waals surface area contributed by atoms with Crippen LogP contribution in [0.5, 0.6) is 5.75 Å². The molecule has 3 aromatic rings. The van der Waals surface area contributed by atoms with Crippen molar-refractivity contribution in [3.05, 3.63) is 101 Å². The number of halogens is 1. The van der Waals surface area contributed by atoms with Gasteiger partial charge in [0.2, 0.25) is 10.0 Å². The molecule has 0 aliphatic rings. The third-order valence-electron chi connectivity index (χ3n) is 5.36. The number of benzene rings is 3. The Balaban J connectivity index is 1.79. The molecule has 0 saturated carbocycles. The van der Waals surface area contributed by atoms with E-state index < -0.39 is 27.1 Å². The number of sulfonamides is 1. The number of hydrogen-bond acceptors (Lipinski definition) is 5. The van der Waals surface area contributed by atoms with Gasteiger partial charge in [0.15, 0.2) is 0 Å². The molecule has 0 aromatic heterocycles. The average molecular weight is 473 g/mol. The minimum Gasteiger partial charge on any atom is -0.497 e. The van der Waals surface area contributed by atoms with E-state index in [1.807, 2.05) is 30.3 Å². The molecule has 8 heteroatoms. The Hall–Kier alpha value is -2.78. The molecule has 0 fully saturated rings. The predicted octanol–water partition coefficient (Wildman–Crippen LogP) is 3.67. The second-order valence-corrected chi connectivity index (χ2v) is 10.1. The molecule has 0 heterocycles. The largest absolute Gasteiger partial charge is 0.497 e. The van der Waals surface area contributed by atoms with E-state index in [1.54, 1.807) is 37.4 Å². The van der Waals surface area contributed by atoms with Gasteiger partial charge in [0.05, 0.1) is 31.6 Å². The lowest BCUT2D eigenvalue weighted by molar-refractivity contribution is 0.0778. The second-order valence-electron chi connectivity index (χ2n) is 7.97. The van der Waals surface area contributed by atoms with Crippen LogP contribution < -0.4 is 10.5 Å². The van der Waals surface area contributed by atoms with Crippen LogP contribution in [0.1, 0.15) is 16.7 Å². The SMILES string of the molecule is COc1ccc(CN(C)S(=O)(=O)CC(N)(COCc2ccccc2)c2ccccc2F)cc1. The quantitative estimate of drug-likeness (QED) is 0.461. The minimum absolute atomic E-state index is 0.0967. The van der Waals surface area contributed by atoms with Crippen molar-refractivity contribution in [3.63, 3.8) is 0 Å². The fraction of sp³-hybridized carbons (Fsp3) is 0.280. The van der Waals surface area contributed by atoms with Gasteiger partial charge in [0, 0.05) is 19.2 Å². The lowest BCUT2D eigenvalue weighted by atomic mass is 9.93. The highest BCUT2D eigenvalue weighted by Crippen LogP contribution is 2.26. The van der Waals surface area contributed by atoms with Gasteiger partial charge in [-0.15, -0.1) is 0 Å². The number of methoxy groups -OCH3 is 1. The van der Waals surface area contributed by atoms with Crippen LogP contribution in [0.3, 0.4) is 0 Å². The fourth-order valence-corrected chi connectivity index (χ4v) is 4.97. The van der Waals surface area contributed by atoms with Gasteiger partial charge in [0.25, 0.3) is 0 Å². The Kier molecular flexibility index (Phi) is 8.20. The van der Waals surface area contributed by atoms with Gasteiger partial charge in [-0.2, -0.15) is 0 Å². The molecule has 3 rings (SSSR count). The molecule has 0 amide bonds. The predicted molar refractivity (Wildman–Crippen MR) is 127 cm³/mol. The maximum absolute atomic E-state index is 14.7. The van der Waals surface area contributed by atoms with Gasteiger partial charge >= 0.3 is 0 Å². The number of hydrogen-bond donors (Lipinski definition) is 1. The average Bonchev–Trinajstić information content (AvgIpc) is 2.80. The van der Waals surface area contributed by atoms with Gasteiger partial charge in [0.1, 0.15) is 11.6 Å². The monoisotopic (exact) mass is 472 g/mol. The summed E-state index contributed by atoms with van der Waals surface area (Å²) in [6.07, 6.45) is 0. The van der Waals surface area contributed by atoms with Gasteiger partial charge in [-0.3, -0.25) is 0 Å². The van der Waals surface area contributed by atoms with E-state index in [9.17, 15) is 12.8 Å². The van der Waals surface area contributed by atoms with Crippen molar-refractivity contribution in [2.75, 3.05) is 26.5 Å². The summed E-state index contributed by atoms with van der Waals surface area (Å²) in [5.74, 6) is -0.404. The summed E-state index contributed by atoms with van der Waals surface area (Å²) < 4.78 is 53.3. The Morgan fingerprint density at radius 1 is 0.939 bits per heavy atom. The van der Waals surface area contributed by atoms with Gasteiger partial charge in [-0.05, 0) is 29.3 Å². The highest BCUT2D eigenvalue weighted by Gasteiger charge is 2.37. The van der Waals surface area contributed by atoms with E-state index in [0.29, 0.717) is 5.75 Å². The summed E-state index contributed by atoms with van der Waals surface area (Å²) in [6, 6.07) is 22.5. The van der Waals surface area contributed by atoms with Crippen LogP contribution in [0.4, 0.5) is 4.39 Å². The standard InChI is InChI=1S/C25H29FN2O4S/c1-28(16-20-12-14-22(31-2)15-13-20)33(29,30)19-25(27,23-10-6-7-11-24(23)26)18-32-17-21-8-4-3-5-9-21/h3-15H,16-19,27H2,1-2H3. The molecule has 0 radical (unpaired) electrons. The lowest BCUT2D eigenvalue weighted by Gasteiger charge is -2.32. The zero-order valence-corrected chi connectivity index (χ0v) is 19.6. The van der Waals surface area contributed by atoms with Crippen LogP contribution in [-0.4, -0.2) is 39.2 Å². The van der Waals surface area contributed by atoms with Crippen LogP contribution in [0.25, 0.3) is 0 Å². The van der Waals surface area contributed by atoms with Crippen LogP contribution in [0.15, 0.2) is 78.9 Å². The number of ether oxygens (including phenoxy) is 2. The van der Waals surface area contributed by atoms with Crippen molar-refractivity contribution >= 4 is 10.0 Å². The third-order valence-corrected chi connectivity index (χ3v) is 7.32. The highest BCUT2D eigenvalue weighted by molar-refractivity contribution is 7.89. The summed E-state index contributed by atoms with van der Waals surface area (Å²) in [7, 11) is -0.819. The Morgan fingerprint density at radius 3 is 2.21 bits per heavy atom. The molecule has 33 heavy (non-hydrogen) atoms. The molecule has 0 bridgehead atoms. The summed E-state index contributed by atoms with van der Waals surface area (Å²) >= 11 is 0. The van der Waals surface area contributed by atoms with E-state index in [4.69, 9.17) is 15.2 Å². The summed E-state index contributed by atoms with van der Waals surface area (Å²) in [5.41, 5.74) is 6.77. The minimum atomic E-state index is -3.86. The maximum Gasteiger partial charge on any atom is 0.216 e. The van der Waals surface area contributed by atoms with Gasteiger partial charge in [-0.25, -0.2) is 17.1 Å². The lowest BCUT2D eigenvalue weighted by Crippen LogP contribution is -2.50. The molecule has 0 saturated heterocycles. The summed E-state index contributed by atoms with van der Waals surface area (Å²) in [5, 5.41) is 0. The Morgan fingerprint density at radius 2 is 1.58 bits per heavy atom. The fourth-order valence-electron chi connectivity index (χ4n) is 3.51. The molecule has 3 aromatic carbocycles. The molecular weight excluding hydrogens is 443 g/mol. The number of rotatable bonds is 11. The Bertz CT molecular complexity index is 1140.